The van der Waals surface area contributed by atoms with Crippen LogP contribution >= 0.6 is 0 Å². The number of rotatable bonds is 9. The van der Waals surface area contributed by atoms with Crippen LogP contribution in [0.4, 0.5) is 0 Å². The Balaban J connectivity index is 0. The minimum absolute atomic E-state index is 0. The van der Waals surface area contributed by atoms with Gasteiger partial charge in [0.2, 0.25) is 0 Å². The van der Waals surface area contributed by atoms with E-state index < -0.39 is 0 Å². The molecule has 0 saturated heterocycles. The van der Waals surface area contributed by atoms with Crippen molar-refractivity contribution in [2.24, 2.45) is 0 Å². The third-order valence-corrected chi connectivity index (χ3v) is 5.69. The quantitative estimate of drug-likeness (QED) is 0.105. The molecule has 0 aliphatic heterocycles. The molecule has 4 aromatic rings. The molecule has 0 unspecified atom stereocenters. The number of carbonyl (C=O) groups is 3. The van der Waals surface area contributed by atoms with E-state index in [2.05, 4.69) is 4.98 Å². The zero-order chi connectivity index (χ0) is 35.9. The zero-order valence-corrected chi connectivity index (χ0v) is 32.0. The molecular formula is C38H41NNdO10+. The van der Waals surface area contributed by atoms with Crippen molar-refractivity contribution in [3.8, 4) is 17.2 Å². The maximum atomic E-state index is 11.3. The molecule has 4 rings (SSSR count). The van der Waals surface area contributed by atoms with E-state index in [4.69, 9.17) is 14.2 Å². The third kappa shape index (κ3) is 20.5. The van der Waals surface area contributed by atoms with E-state index in [1.54, 1.807) is 107 Å². The van der Waals surface area contributed by atoms with Crippen LogP contribution in [0, 0.1) is 40.8 Å². The van der Waals surface area contributed by atoms with Crippen molar-refractivity contribution in [1.29, 1.82) is 0 Å². The number of allylic oxidation sites excluding steroid dienone is 4. The van der Waals surface area contributed by atoms with Gasteiger partial charge < -0.3 is 35.0 Å². The van der Waals surface area contributed by atoms with Gasteiger partial charge in [-0.05, 0) is 104 Å². The van der Waals surface area contributed by atoms with Crippen LogP contribution < -0.4 is 29.5 Å². The second-order valence-electron chi connectivity index (χ2n) is 9.57. The molecule has 261 valence electrons. The minimum Gasteiger partial charge on any atom is -0.876 e. The Labute approximate surface area is 325 Å². The summed E-state index contributed by atoms with van der Waals surface area (Å²) in [5.41, 5.74) is 1.46. The average molecular weight is 816 g/mol. The van der Waals surface area contributed by atoms with Crippen LogP contribution in [0.2, 0.25) is 0 Å². The fraction of sp³-hybridized carbons (Fsp3) is 0.158. The molecule has 50 heavy (non-hydrogen) atoms. The summed E-state index contributed by atoms with van der Waals surface area (Å²) in [5, 5.41) is 33.3. The minimum atomic E-state index is -0.278. The van der Waals surface area contributed by atoms with E-state index in [1.807, 2.05) is 18.2 Å². The molecule has 0 atom stereocenters. The molecule has 1 aromatic heterocycles. The molecular weight excluding hydrogens is 775 g/mol. The first kappa shape index (κ1) is 47.3. The fourth-order valence-corrected chi connectivity index (χ4v) is 3.38. The summed E-state index contributed by atoms with van der Waals surface area (Å²) in [6.45, 7) is 4.05. The van der Waals surface area contributed by atoms with Gasteiger partial charge in [-0.1, -0.05) is 48.8 Å². The molecule has 0 fully saturated rings. The first-order valence-electron chi connectivity index (χ1n) is 14.4. The standard InChI is InChI=1S/3C11H12O3.C5H5N.Nd.H2O/c3*1-8(12)7-11(13)9-3-5-10(14-2)6-4-9;1-2-4-6-5-3-1;;/h2*3-7,13H,1-2H3;3-7,12H,1-2H3;1-5H;;1H2/q;;;;+3;/p-2/b2*11-7-;8-7-;;;. The van der Waals surface area contributed by atoms with Crippen molar-refractivity contribution in [3.05, 3.63) is 144 Å². The van der Waals surface area contributed by atoms with E-state index >= 15 is 0 Å². The summed E-state index contributed by atoms with van der Waals surface area (Å²) in [7, 11) is 4.66. The number of ether oxygens (including phenoxy) is 3. The van der Waals surface area contributed by atoms with Crippen molar-refractivity contribution in [2.45, 2.75) is 20.8 Å². The molecule has 11 nitrogen and oxygen atoms in total. The smallest absolute Gasteiger partial charge is 0.876 e. The summed E-state index contributed by atoms with van der Waals surface area (Å²) in [5.74, 6) is 0.487. The van der Waals surface area contributed by atoms with Crippen LogP contribution in [0.1, 0.15) is 42.3 Å². The molecule has 0 saturated carbocycles. The van der Waals surface area contributed by atoms with Gasteiger partial charge in [0, 0.05) is 18.0 Å². The van der Waals surface area contributed by atoms with Gasteiger partial charge in [-0.25, -0.2) is 0 Å². The molecule has 0 aliphatic carbocycles. The molecule has 12 heteroatoms. The van der Waals surface area contributed by atoms with Gasteiger partial charge in [-0.2, -0.15) is 0 Å². The summed E-state index contributed by atoms with van der Waals surface area (Å²) < 4.78 is 14.8. The second-order valence-corrected chi connectivity index (χ2v) is 9.57. The first-order valence-corrected chi connectivity index (χ1v) is 14.4. The third-order valence-electron chi connectivity index (χ3n) is 5.69. The summed E-state index contributed by atoms with van der Waals surface area (Å²) in [6, 6.07) is 25.6. The number of nitrogens with zero attached hydrogens (tertiary/aromatic N) is 1. The van der Waals surface area contributed by atoms with Crippen molar-refractivity contribution in [2.75, 3.05) is 21.3 Å². The van der Waals surface area contributed by atoms with Crippen LogP contribution in [-0.2, 0) is 15.1 Å². The number of methoxy groups -OCH3 is 3. The van der Waals surface area contributed by atoms with Gasteiger partial charge in [0.25, 0.3) is 0 Å². The van der Waals surface area contributed by atoms with E-state index in [0.29, 0.717) is 33.9 Å². The van der Waals surface area contributed by atoms with E-state index in [9.17, 15) is 29.7 Å². The van der Waals surface area contributed by atoms with Crippen LogP contribution in [0.15, 0.2) is 127 Å². The van der Waals surface area contributed by atoms with Crippen LogP contribution in [0.3, 0.4) is 0 Å². The number of carbonyl (C=O) groups excluding carboxylic acids is 3. The zero-order valence-electron chi connectivity index (χ0n) is 28.7. The molecule has 0 aliphatic rings. The summed E-state index contributed by atoms with van der Waals surface area (Å²) in [4.78, 5) is 36.4. The van der Waals surface area contributed by atoms with E-state index in [0.717, 1.165) is 18.2 Å². The van der Waals surface area contributed by atoms with Crippen molar-refractivity contribution < 1.29 is 90.2 Å². The van der Waals surface area contributed by atoms with Crippen molar-refractivity contribution in [3.63, 3.8) is 0 Å². The van der Waals surface area contributed by atoms with Crippen LogP contribution in [0.25, 0.3) is 11.5 Å². The van der Waals surface area contributed by atoms with Gasteiger partial charge in [-0.3, -0.25) is 19.4 Å². The number of pyridine rings is 1. The van der Waals surface area contributed by atoms with Gasteiger partial charge >= 0.3 is 40.8 Å². The Morgan fingerprint density at radius 1 is 0.540 bits per heavy atom. The summed E-state index contributed by atoms with van der Waals surface area (Å²) >= 11 is 0. The van der Waals surface area contributed by atoms with Gasteiger partial charge in [0.05, 0.1) is 21.3 Å². The second kappa shape index (κ2) is 27.0. The topological polar surface area (TPSA) is 194 Å². The normalized spacial score (nSPS) is 10.3. The first-order chi connectivity index (χ1) is 22.9. The largest absolute Gasteiger partial charge is 3.00 e. The fourth-order valence-electron chi connectivity index (χ4n) is 3.38. The molecule has 3 aromatic carbocycles. The summed E-state index contributed by atoms with van der Waals surface area (Å²) in [6.07, 6.45) is 6.71. The predicted octanol–water partition coefficient (Wildman–Crippen LogP) is 3.27. The number of ketones is 3. The Morgan fingerprint density at radius 2 is 0.860 bits per heavy atom. The molecule has 1 heterocycles. The molecule has 1 radical (unpaired) electrons. The Kier molecular flexibility index (Phi) is 25.6. The van der Waals surface area contributed by atoms with Crippen LogP contribution in [-0.4, -0.2) is 43.7 Å². The van der Waals surface area contributed by atoms with Gasteiger partial charge in [0.15, 0.2) is 17.3 Å². The maximum absolute atomic E-state index is 11.3. The molecule has 0 spiro atoms. The van der Waals surface area contributed by atoms with E-state index in [-0.39, 0.29) is 80.9 Å². The van der Waals surface area contributed by atoms with Crippen molar-refractivity contribution >= 4 is 28.9 Å². The number of hydrogen-bond acceptors (Lipinski definition) is 10. The predicted molar refractivity (Wildman–Crippen MR) is 183 cm³/mol. The van der Waals surface area contributed by atoms with Gasteiger partial charge in [-0.15, -0.1) is 5.76 Å². The Bertz CT molecular complexity index is 1550. The molecule has 0 bridgehead atoms. The number of aromatic nitrogens is 1. The van der Waals surface area contributed by atoms with Crippen molar-refractivity contribution in [1.82, 2.24) is 4.98 Å². The Morgan fingerprint density at radius 3 is 1.08 bits per heavy atom. The Hall–Kier alpha value is -4.85. The average Bonchev–Trinajstić information content (AvgIpc) is 3.09. The van der Waals surface area contributed by atoms with Crippen LogP contribution in [0.5, 0.6) is 17.2 Å². The van der Waals surface area contributed by atoms with Gasteiger partial charge in [0.1, 0.15) is 17.2 Å². The molecule has 3 N–H and O–H groups in total. The molecule has 0 amide bonds. The number of hydrogen-bond donors (Lipinski definition) is 0. The SMILES string of the molecule is COc1ccc(/C([O-])=C/C(C)=O)cc1.COc1ccc(/C([O-])=C/C(C)=O)cc1.COc1ccc(C(=O)/C=C(/C)[O-])cc1.[Nd+3].[OH3+].c1ccncc1. The van der Waals surface area contributed by atoms with E-state index in [1.165, 1.54) is 20.8 Å². The maximum Gasteiger partial charge on any atom is 3.00 e. The number of benzene rings is 3. The monoisotopic (exact) mass is 813 g/mol.